The topological polar surface area (TPSA) is 245 Å². The van der Waals surface area contributed by atoms with Gasteiger partial charge in [-0.2, -0.15) is 0 Å². The molecule has 5 saturated carbocycles. The fourth-order valence-electron chi connectivity index (χ4n) is 21.1. The molecule has 13 rings (SSSR count). The summed E-state index contributed by atoms with van der Waals surface area (Å²) in [4.78, 5) is 13.2. The van der Waals surface area contributed by atoms with Crippen LogP contribution >= 0.6 is 21.6 Å². The molecule has 4 aromatic rings. The van der Waals surface area contributed by atoms with Crippen molar-refractivity contribution >= 4 is 49.3 Å². The predicted octanol–water partition coefficient (Wildman–Crippen LogP) is 10.1. The number of hydrogen-bond donors (Lipinski definition) is 10. The third kappa shape index (κ3) is 11.6. The summed E-state index contributed by atoms with van der Waals surface area (Å²) in [5, 5.41) is 106. The van der Waals surface area contributed by atoms with Crippen molar-refractivity contribution in [2.45, 2.75) is 218 Å². The Morgan fingerprint density at radius 2 is 1.66 bits per heavy atom. The number of benzene rings is 3. The number of furan rings is 1. The summed E-state index contributed by atoms with van der Waals surface area (Å²) in [5.41, 5.74) is -5.49. The maximum atomic E-state index is 14.0. The third-order valence-corrected chi connectivity index (χ3v) is 28.9. The Morgan fingerprint density at radius 1 is 0.826 bits per heavy atom. The predicted molar refractivity (Wildman–Crippen MR) is 360 cm³/mol. The lowest BCUT2D eigenvalue weighted by molar-refractivity contribution is -0.424. The molecule has 92 heavy (non-hydrogen) atoms. The van der Waals surface area contributed by atoms with E-state index in [0.717, 1.165) is 103 Å². The van der Waals surface area contributed by atoms with E-state index in [9.17, 15) is 40.5 Å². The summed E-state index contributed by atoms with van der Waals surface area (Å²) in [7, 11) is 7.59. The van der Waals surface area contributed by atoms with Crippen molar-refractivity contribution in [1.82, 2.24) is 16.0 Å². The summed E-state index contributed by atoms with van der Waals surface area (Å²) >= 11 is 0. The number of rotatable bonds is 14. The lowest BCUT2D eigenvalue weighted by Crippen LogP contribution is -2.86. The second-order valence-corrected chi connectivity index (χ2v) is 33.0. The quantitative estimate of drug-likeness (QED) is 0.0321. The highest BCUT2D eigenvalue weighted by molar-refractivity contribution is 8.77. The first-order chi connectivity index (χ1) is 44.4. The zero-order valence-electron chi connectivity index (χ0n) is 54.8. The van der Waals surface area contributed by atoms with Crippen molar-refractivity contribution in [1.29, 1.82) is 0 Å². The molecule has 20 atom stereocenters. The smallest absolute Gasteiger partial charge is 0.306 e. The number of allylic oxidation sites excluding steroid dienone is 1. The minimum Gasteiger partial charge on any atom is -0.485 e. The lowest BCUT2D eigenvalue weighted by Gasteiger charge is -2.67. The van der Waals surface area contributed by atoms with Gasteiger partial charge >= 0.3 is 5.97 Å². The summed E-state index contributed by atoms with van der Waals surface area (Å²) in [6.07, 6.45) is 15.7. The maximum absolute atomic E-state index is 14.0. The molecule has 0 unspecified atom stereocenters. The summed E-state index contributed by atoms with van der Waals surface area (Å²) in [5.74, 6) is -1.30. The van der Waals surface area contributed by atoms with Crippen LogP contribution in [0.1, 0.15) is 160 Å². The highest BCUT2D eigenvalue weighted by Crippen LogP contribution is 2.70. The Balaban J connectivity index is 0.928. The van der Waals surface area contributed by atoms with Crippen LogP contribution in [-0.4, -0.2) is 159 Å². The van der Waals surface area contributed by atoms with E-state index in [0.29, 0.717) is 53.7 Å². The zero-order valence-corrected chi connectivity index (χ0v) is 56.5. The molecule has 1 aromatic heterocycles. The number of esters is 1. The number of aliphatic hydroxyl groups excluding tert-OH is 4. The molecule has 6 aliphatic carbocycles. The Hall–Kier alpha value is -3.47. The monoisotopic (exact) mass is 1310 g/mol. The zero-order chi connectivity index (χ0) is 64.3. The number of fused-ring (bicyclic) bond motifs is 12. The van der Waals surface area contributed by atoms with Crippen LogP contribution in [0.25, 0.3) is 21.7 Å². The first-order valence-corrected chi connectivity index (χ1v) is 37.7. The number of hydrogen-bond acceptors (Lipinski definition) is 18. The van der Waals surface area contributed by atoms with Crippen molar-refractivity contribution < 1.29 is 63.9 Å². The molecule has 16 nitrogen and oxygen atoms in total. The molecular weight excluding hydrogens is 1200 g/mol. The molecule has 3 aromatic carbocycles. The van der Waals surface area contributed by atoms with Crippen molar-refractivity contribution in [3.8, 4) is 11.5 Å². The molecule has 5 bridgehead atoms. The van der Waals surface area contributed by atoms with Gasteiger partial charge in [0.05, 0.1) is 30.7 Å². The highest BCUT2D eigenvalue weighted by atomic mass is 33.1. The minimum absolute atomic E-state index is 0.00579. The Bertz CT molecular complexity index is 3260. The fraction of sp³-hybridized carbons (Fsp3) is 0.716. The van der Waals surface area contributed by atoms with Gasteiger partial charge in [0.2, 0.25) is 12.0 Å². The van der Waals surface area contributed by atoms with Crippen LogP contribution in [0.15, 0.2) is 77.4 Å². The molecule has 3 spiro atoms. The van der Waals surface area contributed by atoms with Gasteiger partial charge in [0, 0.05) is 58.8 Å². The second kappa shape index (κ2) is 27.1. The van der Waals surface area contributed by atoms with Crippen LogP contribution < -0.4 is 25.4 Å². The highest BCUT2D eigenvalue weighted by Gasteiger charge is 2.78. The normalized spacial score (nSPS) is 41.6. The van der Waals surface area contributed by atoms with E-state index < -0.39 is 82.1 Å². The first-order valence-electron chi connectivity index (χ1n) is 35.4. The fourth-order valence-corrected chi connectivity index (χ4v) is 25.4. The van der Waals surface area contributed by atoms with Gasteiger partial charge < -0.3 is 75.1 Å². The van der Waals surface area contributed by atoms with Crippen LogP contribution in [0, 0.1) is 52.8 Å². The number of aliphatic hydroxyl groups is 7. The van der Waals surface area contributed by atoms with Crippen molar-refractivity contribution in [2.75, 3.05) is 59.3 Å². The minimum atomic E-state index is -2.51. The molecule has 506 valence electrons. The van der Waals surface area contributed by atoms with E-state index in [1.54, 1.807) is 36.1 Å². The molecule has 9 aliphatic rings. The van der Waals surface area contributed by atoms with Crippen LogP contribution in [0.2, 0.25) is 0 Å². The summed E-state index contributed by atoms with van der Waals surface area (Å²) in [6.45, 7) is 6.18. The molecule has 2 saturated heterocycles. The third-order valence-electron chi connectivity index (χ3n) is 25.5. The molecule has 0 amide bonds. The SMILES string of the molecule is CCOC(=O)CCc1cc2ccoc2c2c1O[C@@H]1O[C@@]3(CSS[C@]4(CC[C@]5(CC[C@@H](CNC)C5)[C@@H]4CC[C@]4(O)CC[C@H]([C@]5(c6ccc7ccccc7c6)CCCC[C@@H]5CNC)C4)[C@H](CC[C@H](C)CCC[C@H]3O)NCCO2)[C@]2(O)C[C@@H]3C=C[C@@H](O)[C@@H](CO)[C@H]3[C@@]1(O)[C@H]2O. The Labute approximate surface area is 552 Å². The van der Waals surface area contributed by atoms with E-state index in [2.05, 4.69) is 79.4 Å². The number of nitrogens with one attached hydrogen (secondary N) is 3. The summed E-state index contributed by atoms with van der Waals surface area (Å²) < 4.78 is 33.0. The standard InChI is InChI=1S/C74H105N3O13S2/c1-5-86-61(81)23-19-50-37-51-27-35-87-63(51)65-64(50)89-67-74(85)62-52(18-21-57(79)56(62)44-78)40-72(84,66(74)82)73(90-67)45-91-92-71(59(77-34-36-88-65)22-16-46(2)11-10-15-60(73)80)33-32-68(29-24-47(39-68)42-75-3)58(71)26-31-69(83)30-25-54(41-69)70(28-9-8-14-55(70)43-76-4)53-20-17-48-12-6-7-13-49(48)38-53/h6-7,12-13,17-18,20-21,27,35,37-38,46-47,52,54-60,62,66-67,75-80,82-85H,5,8-11,14-16,19,22-26,28-34,36,39-45H2,1-4H3/t46-,47-,52+,54+,55-,56-,57-,58+,59+,60-,62+,66+,67-,68+,69-,70-,71+,72+,73-,74-/m1/s1. The second-order valence-electron chi connectivity index (χ2n) is 30.3. The van der Waals surface area contributed by atoms with Crippen LogP contribution in [-0.2, 0) is 26.1 Å². The lowest BCUT2D eigenvalue weighted by atomic mass is 9.50. The molecular formula is C74H105N3O13S2. The van der Waals surface area contributed by atoms with Crippen molar-refractivity contribution in [2.24, 2.45) is 52.8 Å². The number of carbonyl (C=O) groups is 1. The van der Waals surface area contributed by atoms with E-state index in [1.165, 1.54) is 29.2 Å². The Morgan fingerprint density at radius 3 is 2.48 bits per heavy atom. The van der Waals surface area contributed by atoms with Gasteiger partial charge in [-0.25, -0.2) is 0 Å². The van der Waals surface area contributed by atoms with Gasteiger partial charge in [-0.15, -0.1) is 0 Å². The molecule has 0 radical (unpaired) electrons. The van der Waals surface area contributed by atoms with Gasteiger partial charge in [0.15, 0.2) is 16.9 Å². The van der Waals surface area contributed by atoms with Gasteiger partial charge in [-0.05, 0) is 218 Å². The van der Waals surface area contributed by atoms with E-state index in [4.69, 9.17) is 23.4 Å². The Kier molecular flexibility index (Phi) is 19.8. The van der Waals surface area contributed by atoms with Gasteiger partial charge in [0.25, 0.3) is 0 Å². The van der Waals surface area contributed by atoms with E-state index in [1.807, 2.05) is 22.9 Å². The molecule has 3 aliphatic heterocycles. The largest absolute Gasteiger partial charge is 0.485 e. The van der Waals surface area contributed by atoms with Gasteiger partial charge in [-0.1, -0.05) is 109 Å². The number of carbonyl (C=O) groups excluding carboxylic acids is 1. The van der Waals surface area contributed by atoms with Crippen LogP contribution in [0.3, 0.4) is 0 Å². The van der Waals surface area contributed by atoms with E-state index >= 15 is 0 Å². The molecule has 4 heterocycles. The molecule has 7 fully saturated rings. The number of ether oxygens (including phenoxy) is 4. The van der Waals surface area contributed by atoms with Gasteiger partial charge in [0.1, 0.15) is 23.9 Å². The van der Waals surface area contributed by atoms with E-state index in [-0.39, 0.29) is 84.9 Å². The van der Waals surface area contributed by atoms with Crippen molar-refractivity contribution in [3.05, 3.63) is 84.1 Å². The van der Waals surface area contributed by atoms with Crippen LogP contribution in [0.4, 0.5) is 0 Å². The maximum Gasteiger partial charge on any atom is 0.306 e. The van der Waals surface area contributed by atoms with Gasteiger partial charge in [-0.3, -0.25) is 4.79 Å². The summed E-state index contributed by atoms with van der Waals surface area (Å²) in [6, 6.07) is 19.6. The molecule has 10 N–H and O–H groups in total. The number of aryl methyl sites for hydroxylation is 1. The van der Waals surface area contributed by atoms with Crippen LogP contribution in [0.5, 0.6) is 11.5 Å². The average Bonchev–Trinajstić information content (AvgIpc) is 0.900. The first kappa shape index (κ1) is 67.1. The van der Waals surface area contributed by atoms with Crippen molar-refractivity contribution in [3.63, 3.8) is 0 Å². The molecule has 18 heteroatoms. The average molecular weight is 1310 g/mol.